The molecule has 1 unspecified atom stereocenters. The standard InChI is InChI=1S/C15H13Cl2N3S/c16-9-4-3-5-10(17)15(9)12(20-18)8-14-19-11-6-1-2-7-13(11)21-14/h1-7,12,20H,8,18H2. The Labute approximate surface area is 136 Å². The summed E-state index contributed by atoms with van der Waals surface area (Å²) in [5.74, 6) is 5.69. The lowest BCUT2D eigenvalue weighted by atomic mass is 10.0. The molecule has 0 amide bonds. The molecule has 0 aliphatic heterocycles. The molecule has 0 fully saturated rings. The van der Waals surface area contributed by atoms with E-state index in [1.807, 2.05) is 36.4 Å². The molecule has 1 aromatic heterocycles. The quantitative estimate of drug-likeness (QED) is 0.549. The summed E-state index contributed by atoms with van der Waals surface area (Å²) in [5, 5.41) is 2.20. The first-order valence-corrected chi connectivity index (χ1v) is 8.01. The zero-order valence-corrected chi connectivity index (χ0v) is 13.3. The van der Waals surface area contributed by atoms with E-state index < -0.39 is 0 Å². The highest BCUT2D eigenvalue weighted by atomic mass is 35.5. The van der Waals surface area contributed by atoms with E-state index in [0.717, 1.165) is 20.8 Å². The van der Waals surface area contributed by atoms with Gasteiger partial charge in [0.2, 0.25) is 0 Å². The van der Waals surface area contributed by atoms with Crippen LogP contribution in [0.4, 0.5) is 0 Å². The summed E-state index contributed by atoms with van der Waals surface area (Å²) < 4.78 is 1.16. The van der Waals surface area contributed by atoms with Crippen molar-refractivity contribution in [2.75, 3.05) is 0 Å². The summed E-state index contributed by atoms with van der Waals surface area (Å²) in [4.78, 5) is 4.62. The van der Waals surface area contributed by atoms with E-state index in [2.05, 4.69) is 16.5 Å². The van der Waals surface area contributed by atoms with Crippen LogP contribution in [0.15, 0.2) is 42.5 Å². The van der Waals surface area contributed by atoms with E-state index in [-0.39, 0.29) is 6.04 Å². The Bertz CT molecular complexity index is 719. The van der Waals surface area contributed by atoms with E-state index >= 15 is 0 Å². The Morgan fingerprint density at radius 2 is 1.81 bits per heavy atom. The molecule has 3 nitrogen and oxygen atoms in total. The molecular weight excluding hydrogens is 325 g/mol. The molecule has 0 spiro atoms. The van der Waals surface area contributed by atoms with Gasteiger partial charge in [-0.25, -0.2) is 4.98 Å². The average Bonchev–Trinajstić information content (AvgIpc) is 2.88. The van der Waals surface area contributed by atoms with Crippen molar-refractivity contribution in [3.8, 4) is 0 Å². The number of hydrazine groups is 1. The predicted octanol–water partition coefficient (Wildman–Crippen LogP) is 4.35. The Kier molecular flexibility index (Phi) is 4.42. The smallest absolute Gasteiger partial charge is 0.0958 e. The van der Waals surface area contributed by atoms with Crippen molar-refractivity contribution >= 4 is 44.8 Å². The molecule has 21 heavy (non-hydrogen) atoms. The van der Waals surface area contributed by atoms with Gasteiger partial charge in [-0.2, -0.15) is 0 Å². The van der Waals surface area contributed by atoms with Gasteiger partial charge < -0.3 is 0 Å². The van der Waals surface area contributed by atoms with Gasteiger partial charge in [-0.3, -0.25) is 11.3 Å². The Morgan fingerprint density at radius 3 is 2.48 bits per heavy atom. The summed E-state index contributed by atoms with van der Waals surface area (Å²) in [7, 11) is 0. The van der Waals surface area contributed by atoms with Gasteiger partial charge in [-0.15, -0.1) is 11.3 Å². The van der Waals surface area contributed by atoms with Crippen LogP contribution >= 0.6 is 34.5 Å². The summed E-state index contributed by atoms with van der Waals surface area (Å²) in [6, 6.07) is 13.3. The molecule has 3 aromatic rings. The number of benzene rings is 2. The fraction of sp³-hybridized carbons (Fsp3) is 0.133. The summed E-state index contributed by atoms with van der Waals surface area (Å²) in [6.45, 7) is 0. The Hall–Kier alpha value is -1.17. The number of hydrogen-bond acceptors (Lipinski definition) is 4. The molecule has 0 aliphatic rings. The van der Waals surface area contributed by atoms with Crippen LogP contribution in [0.1, 0.15) is 16.6 Å². The molecular formula is C15H13Cl2N3S. The van der Waals surface area contributed by atoms with Crippen molar-refractivity contribution in [1.82, 2.24) is 10.4 Å². The fourth-order valence-corrected chi connectivity index (χ4v) is 3.94. The number of para-hydroxylation sites is 1. The van der Waals surface area contributed by atoms with Gasteiger partial charge in [0, 0.05) is 22.0 Å². The van der Waals surface area contributed by atoms with Crippen molar-refractivity contribution in [2.24, 2.45) is 5.84 Å². The molecule has 3 N–H and O–H groups in total. The lowest BCUT2D eigenvalue weighted by molar-refractivity contribution is 0.551. The topological polar surface area (TPSA) is 50.9 Å². The molecule has 108 valence electrons. The van der Waals surface area contributed by atoms with Crippen LogP contribution in [0, 0.1) is 0 Å². The molecule has 1 atom stereocenters. The van der Waals surface area contributed by atoms with Crippen LogP contribution in [0.3, 0.4) is 0 Å². The zero-order valence-electron chi connectivity index (χ0n) is 11.0. The normalized spacial score (nSPS) is 12.7. The number of aromatic nitrogens is 1. The van der Waals surface area contributed by atoms with Gasteiger partial charge in [0.1, 0.15) is 0 Å². The van der Waals surface area contributed by atoms with Gasteiger partial charge in [0.05, 0.1) is 21.3 Å². The van der Waals surface area contributed by atoms with Crippen molar-refractivity contribution in [3.63, 3.8) is 0 Å². The SMILES string of the molecule is NNC(Cc1nc2ccccc2s1)c1c(Cl)cccc1Cl. The van der Waals surface area contributed by atoms with Crippen LogP contribution in [0.25, 0.3) is 10.2 Å². The summed E-state index contributed by atoms with van der Waals surface area (Å²) in [5.41, 5.74) is 4.60. The van der Waals surface area contributed by atoms with Crippen molar-refractivity contribution in [3.05, 3.63) is 63.1 Å². The van der Waals surface area contributed by atoms with Crippen LogP contribution in [0.5, 0.6) is 0 Å². The van der Waals surface area contributed by atoms with Gasteiger partial charge >= 0.3 is 0 Å². The summed E-state index contributed by atoms with van der Waals surface area (Å²) >= 11 is 14.2. The first kappa shape index (κ1) is 14.8. The van der Waals surface area contributed by atoms with Crippen LogP contribution in [-0.2, 0) is 6.42 Å². The highest BCUT2D eigenvalue weighted by Gasteiger charge is 2.19. The van der Waals surface area contributed by atoms with Gasteiger partial charge in [-0.1, -0.05) is 41.4 Å². The lowest BCUT2D eigenvalue weighted by Crippen LogP contribution is -2.30. The van der Waals surface area contributed by atoms with Gasteiger partial charge in [0.25, 0.3) is 0 Å². The number of halogens is 2. The second kappa shape index (κ2) is 6.30. The van der Waals surface area contributed by atoms with Crippen LogP contribution in [-0.4, -0.2) is 4.98 Å². The van der Waals surface area contributed by atoms with Crippen LogP contribution < -0.4 is 11.3 Å². The number of hydrogen-bond donors (Lipinski definition) is 2. The van der Waals surface area contributed by atoms with Crippen LogP contribution in [0.2, 0.25) is 10.0 Å². The second-order valence-electron chi connectivity index (χ2n) is 4.63. The lowest BCUT2D eigenvalue weighted by Gasteiger charge is -2.17. The molecule has 6 heteroatoms. The first-order valence-electron chi connectivity index (χ1n) is 6.43. The number of nitrogens with two attached hydrogens (primary N) is 1. The third kappa shape index (κ3) is 3.05. The zero-order chi connectivity index (χ0) is 14.8. The average molecular weight is 338 g/mol. The maximum absolute atomic E-state index is 6.25. The van der Waals surface area contributed by atoms with Crippen molar-refractivity contribution in [1.29, 1.82) is 0 Å². The van der Waals surface area contributed by atoms with Crippen molar-refractivity contribution in [2.45, 2.75) is 12.5 Å². The Balaban J connectivity index is 1.94. The monoisotopic (exact) mass is 337 g/mol. The molecule has 0 saturated heterocycles. The second-order valence-corrected chi connectivity index (χ2v) is 6.56. The number of nitrogens with zero attached hydrogens (tertiary/aromatic N) is 1. The molecule has 2 aromatic carbocycles. The molecule has 0 radical (unpaired) electrons. The van der Waals surface area contributed by atoms with E-state index in [1.165, 1.54) is 0 Å². The number of fused-ring (bicyclic) bond motifs is 1. The first-order chi connectivity index (χ1) is 10.2. The third-order valence-electron chi connectivity index (χ3n) is 3.27. The molecule has 0 aliphatic carbocycles. The van der Waals surface area contributed by atoms with E-state index in [0.29, 0.717) is 16.5 Å². The molecule has 0 bridgehead atoms. The Morgan fingerprint density at radius 1 is 1.10 bits per heavy atom. The number of rotatable bonds is 4. The molecule has 1 heterocycles. The minimum Gasteiger partial charge on any atom is -0.271 e. The predicted molar refractivity (Wildman–Crippen MR) is 89.9 cm³/mol. The largest absolute Gasteiger partial charge is 0.271 e. The minimum atomic E-state index is -0.174. The van der Waals surface area contributed by atoms with Gasteiger partial charge in [0.15, 0.2) is 0 Å². The maximum atomic E-state index is 6.25. The van der Waals surface area contributed by atoms with E-state index in [9.17, 15) is 0 Å². The highest BCUT2D eigenvalue weighted by Crippen LogP contribution is 2.33. The van der Waals surface area contributed by atoms with E-state index in [1.54, 1.807) is 11.3 Å². The number of thiazole rings is 1. The number of nitrogens with one attached hydrogen (secondary N) is 1. The van der Waals surface area contributed by atoms with Crippen molar-refractivity contribution < 1.29 is 0 Å². The maximum Gasteiger partial charge on any atom is 0.0958 e. The fourth-order valence-electron chi connectivity index (χ4n) is 2.27. The van der Waals surface area contributed by atoms with E-state index in [4.69, 9.17) is 29.0 Å². The molecule has 3 rings (SSSR count). The summed E-state index contributed by atoms with van der Waals surface area (Å²) in [6.07, 6.45) is 0.638. The molecule has 0 saturated carbocycles. The third-order valence-corrected chi connectivity index (χ3v) is 4.98. The van der Waals surface area contributed by atoms with Gasteiger partial charge in [-0.05, 0) is 24.3 Å². The highest BCUT2D eigenvalue weighted by molar-refractivity contribution is 7.18. The minimum absolute atomic E-state index is 0.174.